The van der Waals surface area contributed by atoms with Crippen LogP contribution in [0.5, 0.6) is 11.5 Å². The van der Waals surface area contributed by atoms with Crippen LogP contribution in [0.25, 0.3) is 0 Å². The molecule has 0 unspecified atom stereocenters. The van der Waals surface area contributed by atoms with Crippen LogP contribution in [-0.4, -0.2) is 54.0 Å². The van der Waals surface area contributed by atoms with Gasteiger partial charge in [-0.2, -0.15) is 0 Å². The van der Waals surface area contributed by atoms with Gasteiger partial charge in [0.2, 0.25) is 0 Å². The molecule has 7 nitrogen and oxygen atoms in total. The van der Waals surface area contributed by atoms with Gasteiger partial charge >= 0.3 is 12.1 Å². The average Bonchev–Trinajstić information content (AvgIpc) is 2.53. The summed E-state index contributed by atoms with van der Waals surface area (Å²) in [7, 11) is 1.42. The molecule has 7 heteroatoms. The van der Waals surface area contributed by atoms with Crippen molar-refractivity contribution < 1.29 is 28.9 Å². The fraction of sp³-hybridized carbons (Fsp3) is 0.556. The van der Waals surface area contributed by atoms with Gasteiger partial charge in [-0.15, -0.1) is 0 Å². The first kappa shape index (κ1) is 18.9. The molecule has 0 spiro atoms. The molecular weight excluding hydrogens is 326 g/mol. The van der Waals surface area contributed by atoms with Crippen molar-refractivity contribution in [3.8, 4) is 11.5 Å². The summed E-state index contributed by atoms with van der Waals surface area (Å²) in [5.74, 6) is -0.454. The Morgan fingerprint density at radius 3 is 2.36 bits per heavy atom. The van der Waals surface area contributed by atoms with E-state index in [4.69, 9.17) is 14.2 Å². The van der Waals surface area contributed by atoms with E-state index in [0.29, 0.717) is 31.7 Å². The number of likely N-dealkylation sites (tertiary alicyclic amines) is 1. The van der Waals surface area contributed by atoms with Crippen LogP contribution in [0.2, 0.25) is 0 Å². The average molecular weight is 351 g/mol. The predicted octanol–water partition coefficient (Wildman–Crippen LogP) is 3.17. The Hall–Kier alpha value is -2.44. The summed E-state index contributed by atoms with van der Waals surface area (Å²) in [6.07, 6.45) is 0.840. The summed E-state index contributed by atoms with van der Waals surface area (Å²) in [6, 6.07) is 4.78. The maximum Gasteiger partial charge on any atom is 0.410 e. The monoisotopic (exact) mass is 351 g/mol. The van der Waals surface area contributed by atoms with Crippen molar-refractivity contribution in [3.05, 3.63) is 23.8 Å². The first-order valence-corrected chi connectivity index (χ1v) is 8.26. The molecule has 138 valence electrons. The Morgan fingerprint density at radius 2 is 1.84 bits per heavy atom. The van der Waals surface area contributed by atoms with Crippen LogP contribution in [0.15, 0.2) is 18.2 Å². The van der Waals surface area contributed by atoms with E-state index in [1.165, 1.54) is 13.2 Å². The van der Waals surface area contributed by atoms with Crippen LogP contribution in [0.1, 0.15) is 44.0 Å². The normalized spacial score (nSPS) is 15.6. The third kappa shape index (κ3) is 5.01. The maximum atomic E-state index is 12.1. The highest BCUT2D eigenvalue weighted by atomic mass is 16.6. The van der Waals surface area contributed by atoms with Crippen molar-refractivity contribution in [2.75, 3.05) is 20.2 Å². The zero-order valence-electron chi connectivity index (χ0n) is 15.1. The number of methoxy groups -OCH3 is 1. The van der Waals surface area contributed by atoms with Crippen LogP contribution >= 0.6 is 0 Å². The Kier molecular flexibility index (Phi) is 5.77. The summed E-state index contributed by atoms with van der Waals surface area (Å²) in [6.45, 7) is 6.56. The van der Waals surface area contributed by atoms with Crippen molar-refractivity contribution in [3.63, 3.8) is 0 Å². The minimum Gasteiger partial charge on any atom is -0.492 e. The number of hydrogen-bond donors (Lipinski definition) is 1. The van der Waals surface area contributed by atoms with Crippen LogP contribution in [0.4, 0.5) is 4.79 Å². The van der Waals surface area contributed by atoms with Crippen molar-refractivity contribution in [1.29, 1.82) is 0 Å². The molecule has 0 aromatic heterocycles. The highest BCUT2D eigenvalue weighted by Crippen LogP contribution is 2.33. The molecule has 1 heterocycles. The minimum absolute atomic E-state index is 0.0613. The maximum absolute atomic E-state index is 12.1. The second kappa shape index (κ2) is 7.63. The first-order chi connectivity index (χ1) is 11.7. The van der Waals surface area contributed by atoms with Crippen LogP contribution in [0.3, 0.4) is 0 Å². The Bertz CT molecular complexity index is 629. The highest BCUT2D eigenvalue weighted by Gasteiger charge is 2.28. The SMILES string of the molecule is COc1c(OC2CCN(C(=O)OC(C)(C)C)CC2)cccc1C(=O)O. The van der Waals surface area contributed by atoms with Gasteiger partial charge in [-0.3, -0.25) is 0 Å². The van der Waals surface area contributed by atoms with Crippen molar-refractivity contribution >= 4 is 12.1 Å². The minimum atomic E-state index is -1.07. The summed E-state index contributed by atoms with van der Waals surface area (Å²) < 4.78 is 16.5. The molecule has 0 radical (unpaired) electrons. The van der Waals surface area contributed by atoms with E-state index >= 15 is 0 Å². The fourth-order valence-corrected chi connectivity index (χ4v) is 2.65. The molecule has 1 N–H and O–H groups in total. The lowest BCUT2D eigenvalue weighted by atomic mass is 10.1. The van der Waals surface area contributed by atoms with Gasteiger partial charge < -0.3 is 24.2 Å². The van der Waals surface area contributed by atoms with Crippen molar-refractivity contribution in [1.82, 2.24) is 4.90 Å². The van der Waals surface area contributed by atoms with Gasteiger partial charge in [-0.25, -0.2) is 9.59 Å². The summed E-state index contributed by atoms with van der Waals surface area (Å²) >= 11 is 0. The number of carboxylic acid groups (broad SMARTS) is 1. The Balaban J connectivity index is 1.98. The quantitative estimate of drug-likeness (QED) is 0.897. The van der Waals surface area contributed by atoms with Crippen LogP contribution < -0.4 is 9.47 Å². The van der Waals surface area contributed by atoms with Gasteiger partial charge in [0.05, 0.1) is 7.11 Å². The topological polar surface area (TPSA) is 85.3 Å². The van der Waals surface area contributed by atoms with Crippen molar-refractivity contribution in [2.45, 2.75) is 45.3 Å². The lowest BCUT2D eigenvalue weighted by molar-refractivity contribution is 0.0124. The third-order valence-corrected chi connectivity index (χ3v) is 3.80. The molecule has 1 fully saturated rings. The van der Waals surface area contributed by atoms with E-state index in [2.05, 4.69) is 0 Å². The number of aromatic carboxylic acids is 1. The molecule has 0 aliphatic carbocycles. The zero-order chi connectivity index (χ0) is 18.6. The number of ether oxygens (including phenoxy) is 3. The molecule has 0 atom stereocenters. The first-order valence-electron chi connectivity index (χ1n) is 8.26. The van der Waals surface area contributed by atoms with Gasteiger partial charge in [0.15, 0.2) is 11.5 Å². The van der Waals surface area contributed by atoms with Gasteiger partial charge in [0.1, 0.15) is 17.3 Å². The van der Waals surface area contributed by atoms with E-state index in [1.54, 1.807) is 17.0 Å². The lowest BCUT2D eigenvalue weighted by Gasteiger charge is -2.33. The van der Waals surface area contributed by atoms with E-state index in [-0.39, 0.29) is 23.5 Å². The molecular formula is C18H25NO6. The van der Waals surface area contributed by atoms with Gasteiger partial charge in [0, 0.05) is 25.9 Å². The molecule has 2 rings (SSSR count). The smallest absolute Gasteiger partial charge is 0.410 e. The number of amides is 1. The third-order valence-electron chi connectivity index (χ3n) is 3.80. The van der Waals surface area contributed by atoms with Crippen LogP contribution in [0, 0.1) is 0 Å². The fourth-order valence-electron chi connectivity index (χ4n) is 2.65. The molecule has 1 aliphatic rings. The molecule has 1 saturated heterocycles. The number of rotatable bonds is 4. The second-order valence-electron chi connectivity index (χ2n) is 6.93. The number of carboxylic acids is 1. The molecule has 1 aromatic rings. The van der Waals surface area contributed by atoms with Gasteiger partial charge in [0.25, 0.3) is 0 Å². The molecule has 0 bridgehead atoms. The zero-order valence-corrected chi connectivity index (χ0v) is 15.1. The lowest BCUT2D eigenvalue weighted by Crippen LogP contribution is -2.44. The second-order valence-corrected chi connectivity index (χ2v) is 6.93. The molecule has 1 aromatic carbocycles. The Labute approximate surface area is 147 Å². The predicted molar refractivity (Wildman–Crippen MR) is 91.4 cm³/mol. The standard InChI is InChI=1S/C18H25NO6/c1-18(2,3)25-17(22)19-10-8-12(9-11-19)24-14-7-5-6-13(16(20)21)15(14)23-4/h5-7,12H,8-11H2,1-4H3,(H,20,21). The van der Waals surface area contributed by atoms with E-state index in [0.717, 1.165) is 0 Å². The summed E-state index contributed by atoms with van der Waals surface area (Å²) in [4.78, 5) is 25.0. The molecule has 25 heavy (non-hydrogen) atoms. The number of hydrogen-bond acceptors (Lipinski definition) is 5. The van der Waals surface area contributed by atoms with Crippen molar-refractivity contribution in [2.24, 2.45) is 0 Å². The van der Waals surface area contributed by atoms with Crippen LogP contribution in [-0.2, 0) is 4.74 Å². The molecule has 0 saturated carbocycles. The van der Waals surface area contributed by atoms with E-state index in [1.807, 2.05) is 20.8 Å². The molecule has 1 aliphatic heterocycles. The summed E-state index contributed by atoms with van der Waals surface area (Å²) in [5.41, 5.74) is -0.457. The van der Waals surface area contributed by atoms with Gasteiger partial charge in [-0.05, 0) is 32.9 Å². The number of para-hydroxylation sites is 1. The number of nitrogens with zero attached hydrogens (tertiary/aromatic N) is 1. The van der Waals surface area contributed by atoms with E-state index < -0.39 is 11.6 Å². The number of carbonyl (C=O) groups is 2. The number of piperidine rings is 1. The summed E-state index contributed by atoms with van der Waals surface area (Å²) in [5, 5.41) is 9.22. The Morgan fingerprint density at radius 1 is 1.20 bits per heavy atom. The number of carbonyl (C=O) groups excluding carboxylic acids is 1. The van der Waals surface area contributed by atoms with Gasteiger partial charge in [-0.1, -0.05) is 6.07 Å². The highest BCUT2D eigenvalue weighted by molar-refractivity contribution is 5.92. The largest absolute Gasteiger partial charge is 0.492 e. The number of benzene rings is 1. The molecule has 1 amide bonds. The van der Waals surface area contributed by atoms with E-state index in [9.17, 15) is 14.7 Å².